The van der Waals surface area contributed by atoms with Crippen molar-refractivity contribution in [2.75, 3.05) is 22.1 Å². The number of hydrazone groups is 1. The van der Waals surface area contributed by atoms with E-state index in [-0.39, 0.29) is 28.8 Å². The number of fused-ring (bicyclic) bond motifs is 1. The van der Waals surface area contributed by atoms with Gasteiger partial charge in [-0.1, -0.05) is 11.6 Å². The number of nitrogens with one attached hydrogen (secondary N) is 3. The highest BCUT2D eigenvalue weighted by molar-refractivity contribution is 7.92. The maximum atomic E-state index is 12.7. The number of ether oxygens (including phenoxy) is 1. The van der Waals surface area contributed by atoms with E-state index in [1.807, 2.05) is 0 Å². The Morgan fingerprint density at radius 1 is 1.14 bits per heavy atom. The number of anilines is 3. The van der Waals surface area contributed by atoms with Crippen LogP contribution in [-0.2, 0) is 14.8 Å². The number of carbonyl (C=O) groups excluding carboxylic acids is 1. The second-order valence-electron chi connectivity index (χ2n) is 7.41. The highest BCUT2D eigenvalue weighted by Gasteiger charge is 2.22. The zero-order valence-electron chi connectivity index (χ0n) is 18.1. The van der Waals surface area contributed by atoms with Gasteiger partial charge in [0, 0.05) is 16.8 Å². The molecule has 1 aliphatic rings. The minimum absolute atomic E-state index is 0.00520. The summed E-state index contributed by atoms with van der Waals surface area (Å²) in [4.78, 5) is 22.2. The monoisotopic (exact) mass is 515 g/mol. The summed E-state index contributed by atoms with van der Waals surface area (Å²) in [5.74, 6) is 0.243. The van der Waals surface area contributed by atoms with Crippen molar-refractivity contribution in [3.63, 3.8) is 0 Å². The van der Waals surface area contributed by atoms with Gasteiger partial charge in [-0.15, -0.1) is 0 Å². The highest BCUT2D eigenvalue weighted by atomic mass is 35.5. The standard InChI is InChI=1S/C22H18ClN5O6S/c1-13(14-2-9-21-19(10-14)24-22(29)12-34-21)25-26-18-8-7-17(11-20(18)28(30)31)35(32,33)27-16-5-3-15(23)4-6-16/h2-11,26-27H,12H2,1H3,(H,24,29)/b25-13+. The number of nitro benzene ring substituents is 1. The number of rotatable bonds is 7. The Morgan fingerprint density at radius 3 is 2.60 bits per heavy atom. The van der Waals surface area contributed by atoms with Gasteiger partial charge < -0.3 is 10.1 Å². The Labute approximate surface area is 205 Å². The summed E-state index contributed by atoms with van der Waals surface area (Å²) in [6.45, 7) is 1.60. The third-order valence-corrected chi connectivity index (χ3v) is 6.58. The third kappa shape index (κ3) is 5.50. The van der Waals surface area contributed by atoms with Crippen molar-refractivity contribution in [3.05, 3.63) is 81.4 Å². The lowest BCUT2D eigenvalue weighted by molar-refractivity contribution is -0.384. The lowest BCUT2D eigenvalue weighted by Gasteiger charge is -2.18. The molecule has 0 saturated carbocycles. The lowest BCUT2D eigenvalue weighted by Crippen LogP contribution is -2.25. The van der Waals surface area contributed by atoms with Gasteiger partial charge in [-0.25, -0.2) is 8.42 Å². The lowest BCUT2D eigenvalue weighted by atomic mass is 10.1. The number of amides is 1. The minimum Gasteiger partial charge on any atom is -0.482 e. The summed E-state index contributed by atoms with van der Waals surface area (Å²) in [5, 5.41) is 18.9. The van der Waals surface area contributed by atoms with Crippen molar-refractivity contribution in [3.8, 4) is 5.75 Å². The summed E-state index contributed by atoms with van der Waals surface area (Å²) < 4.78 is 33.1. The number of nitrogens with zero attached hydrogens (tertiary/aromatic N) is 2. The summed E-state index contributed by atoms with van der Waals surface area (Å²) >= 11 is 5.81. The van der Waals surface area contributed by atoms with Crippen LogP contribution >= 0.6 is 11.6 Å². The molecule has 0 aliphatic carbocycles. The molecule has 3 aromatic carbocycles. The molecule has 11 nitrogen and oxygen atoms in total. The zero-order chi connectivity index (χ0) is 25.2. The average molecular weight is 516 g/mol. The van der Waals surface area contributed by atoms with Crippen LogP contribution < -0.4 is 20.2 Å². The van der Waals surface area contributed by atoms with E-state index in [0.717, 1.165) is 6.07 Å². The van der Waals surface area contributed by atoms with Crippen molar-refractivity contribution >= 4 is 56.0 Å². The number of hydrogen-bond donors (Lipinski definition) is 3. The summed E-state index contributed by atoms with van der Waals surface area (Å²) in [6.07, 6.45) is 0. The van der Waals surface area contributed by atoms with Gasteiger partial charge in [-0.3, -0.25) is 25.1 Å². The summed E-state index contributed by atoms with van der Waals surface area (Å²) in [5.41, 5.74) is 3.97. The number of halogens is 1. The van der Waals surface area contributed by atoms with Crippen LogP contribution in [0.15, 0.2) is 70.7 Å². The molecule has 3 N–H and O–H groups in total. The molecule has 180 valence electrons. The SMILES string of the molecule is C/C(=N\Nc1ccc(S(=O)(=O)Nc2ccc(Cl)cc2)cc1[N+](=O)[O-])c1ccc2c(c1)NC(=O)CO2. The molecule has 1 heterocycles. The first-order valence-electron chi connectivity index (χ1n) is 10.1. The largest absolute Gasteiger partial charge is 0.482 e. The van der Waals surface area contributed by atoms with Crippen molar-refractivity contribution < 1.29 is 22.9 Å². The molecular weight excluding hydrogens is 498 g/mol. The van der Waals surface area contributed by atoms with Crippen LogP contribution in [0.2, 0.25) is 5.02 Å². The number of hydrogen-bond acceptors (Lipinski definition) is 8. The van der Waals surface area contributed by atoms with Gasteiger partial charge in [-0.05, 0) is 67.1 Å². The second-order valence-corrected chi connectivity index (χ2v) is 9.52. The van der Waals surface area contributed by atoms with Gasteiger partial charge in [0.25, 0.3) is 21.6 Å². The first-order chi connectivity index (χ1) is 16.6. The fraction of sp³-hybridized carbons (Fsp3) is 0.0909. The molecule has 0 spiro atoms. The van der Waals surface area contributed by atoms with E-state index in [1.165, 1.54) is 36.4 Å². The van der Waals surface area contributed by atoms with Crippen molar-refractivity contribution in [2.45, 2.75) is 11.8 Å². The van der Waals surface area contributed by atoms with E-state index in [2.05, 4.69) is 20.6 Å². The van der Waals surface area contributed by atoms with Gasteiger partial charge in [0.1, 0.15) is 11.4 Å². The molecule has 0 atom stereocenters. The topological polar surface area (TPSA) is 152 Å². The Hall–Kier alpha value is -4.16. The highest BCUT2D eigenvalue weighted by Crippen LogP contribution is 2.30. The Bertz CT molecular complexity index is 1460. The van der Waals surface area contributed by atoms with Crippen LogP contribution in [-0.4, -0.2) is 31.6 Å². The summed E-state index contributed by atoms with van der Waals surface area (Å²) in [7, 11) is -4.09. The molecular formula is C22H18ClN5O6S. The molecule has 0 unspecified atom stereocenters. The smallest absolute Gasteiger partial charge is 0.295 e. The summed E-state index contributed by atoms with van der Waals surface area (Å²) in [6, 6.07) is 14.5. The predicted molar refractivity (Wildman–Crippen MR) is 132 cm³/mol. The van der Waals surface area contributed by atoms with Crippen LogP contribution in [0.25, 0.3) is 0 Å². The number of carbonyl (C=O) groups is 1. The molecule has 1 aliphatic heterocycles. The normalized spacial score (nSPS) is 13.3. The molecule has 0 fully saturated rings. The molecule has 0 bridgehead atoms. The van der Waals surface area contributed by atoms with Crippen LogP contribution in [0, 0.1) is 10.1 Å². The molecule has 0 aromatic heterocycles. The number of nitro groups is 1. The molecule has 4 rings (SSSR count). The molecule has 35 heavy (non-hydrogen) atoms. The first-order valence-corrected chi connectivity index (χ1v) is 11.9. The number of benzene rings is 3. The Balaban J connectivity index is 1.57. The third-order valence-electron chi connectivity index (χ3n) is 4.95. The van der Waals surface area contributed by atoms with E-state index < -0.39 is 20.6 Å². The average Bonchev–Trinajstić information content (AvgIpc) is 2.83. The first kappa shape index (κ1) is 24.0. The quantitative estimate of drug-likeness (QED) is 0.242. The number of sulfonamides is 1. The van der Waals surface area contributed by atoms with E-state index in [1.54, 1.807) is 25.1 Å². The minimum atomic E-state index is -4.09. The van der Waals surface area contributed by atoms with Crippen molar-refractivity contribution in [1.82, 2.24) is 0 Å². The van der Waals surface area contributed by atoms with Crippen molar-refractivity contribution in [2.24, 2.45) is 5.10 Å². The Kier molecular flexibility index (Phi) is 6.58. The molecule has 1 amide bonds. The van der Waals surface area contributed by atoms with Gasteiger partial charge >= 0.3 is 0 Å². The maximum absolute atomic E-state index is 12.7. The van der Waals surface area contributed by atoms with Crippen LogP contribution in [0.3, 0.4) is 0 Å². The van der Waals surface area contributed by atoms with Crippen LogP contribution in [0.5, 0.6) is 5.75 Å². The van der Waals surface area contributed by atoms with Crippen molar-refractivity contribution in [1.29, 1.82) is 0 Å². The van der Waals surface area contributed by atoms with Crippen LogP contribution in [0.4, 0.5) is 22.7 Å². The van der Waals surface area contributed by atoms with E-state index in [4.69, 9.17) is 16.3 Å². The molecule has 13 heteroatoms. The fourth-order valence-electron chi connectivity index (χ4n) is 3.17. The zero-order valence-corrected chi connectivity index (χ0v) is 19.7. The predicted octanol–water partition coefficient (Wildman–Crippen LogP) is 4.22. The van der Waals surface area contributed by atoms with Gasteiger partial charge in [0.2, 0.25) is 0 Å². The molecule has 3 aromatic rings. The molecule has 0 saturated heterocycles. The van der Waals surface area contributed by atoms with Crippen LogP contribution in [0.1, 0.15) is 12.5 Å². The fourth-order valence-corrected chi connectivity index (χ4v) is 4.38. The molecule has 0 radical (unpaired) electrons. The van der Waals surface area contributed by atoms with E-state index >= 15 is 0 Å². The van der Waals surface area contributed by atoms with E-state index in [9.17, 15) is 23.3 Å². The van der Waals surface area contributed by atoms with E-state index in [0.29, 0.717) is 27.7 Å². The van der Waals surface area contributed by atoms with Gasteiger partial charge in [0.05, 0.1) is 21.2 Å². The van der Waals surface area contributed by atoms with Gasteiger partial charge in [0.15, 0.2) is 6.61 Å². The second kappa shape index (κ2) is 9.60. The maximum Gasteiger partial charge on any atom is 0.295 e. The Morgan fingerprint density at radius 2 is 1.89 bits per heavy atom. The van der Waals surface area contributed by atoms with Gasteiger partial charge in [-0.2, -0.15) is 5.10 Å².